The van der Waals surface area contributed by atoms with Gasteiger partial charge in [-0.1, -0.05) is 57.9 Å². The lowest BCUT2D eigenvalue weighted by molar-refractivity contribution is -0.137. The minimum atomic E-state index is -0.461. The van der Waals surface area contributed by atoms with Crippen molar-refractivity contribution in [3.8, 4) is 0 Å². The van der Waals surface area contributed by atoms with Crippen molar-refractivity contribution in [3.05, 3.63) is 75.4 Å². The van der Waals surface area contributed by atoms with Gasteiger partial charge in [-0.2, -0.15) is 0 Å². The van der Waals surface area contributed by atoms with Crippen LogP contribution in [-0.4, -0.2) is 23.3 Å². The number of anilines is 1. The van der Waals surface area contributed by atoms with Crippen LogP contribution in [0.2, 0.25) is 0 Å². The summed E-state index contributed by atoms with van der Waals surface area (Å²) in [5.74, 6) is -0.860. The molecule has 0 radical (unpaired) electrons. The zero-order chi connectivity index (χ0) is 17.1. The van der Waals surface area contributed by atoms with E-state index in [-0.39, 0.29) is 10.7 Å². The fraction of sp³-hybridized carbons (Fsp3) is 0.111. The minimum Gasteiger partial charge on any atom is -0.350 e. The van der Waals surface area contributed by atoms with Gasteiger partial charge in [0.05, 0.1) is 0 Å². The van der Waals surface area contributed by atoms with Crippen molar-refractivity contribution in [1.29, 1.82) is 0 Å². The monoisotopic (exact) mass is 404 g/mol. The number of carbonyl (C=O) groups is 2. The minimum absolute atomic E-state index is 0.0732. The molecule has 6 heteroatoms. The number of nitrogens with zero attached hydrogens (tertiary/aromatic N) is 1. The normalized spacial score (nSPS) is 14.5. The highest BCUT2D eigenvalue weighted by atomic mass is 79.9. The van der Waals surface area contributed by atoms with E-state index in [1.54, 1.807) is 12.1 Å². The molecule has 0 fully saturated rings. The van der Waals surface area contributed by atoms with Crippen LogP contribution in [0.25, 0.3) is 0 Å². The Bertz CT molecular complexity index is 804. The maximum absolute atomic E-state index is 12.5. The molecule has 1 heterocycles. The van der Waals surface area contributed by atoms with Gasteiger partial charge < -0.3 is 5.32 Å². The van der Waals surface area contributed by atoms with Gasteiger partial charge in [0.1, 0.15) is 10.7 Å². The Hall–Kier alpha value is -2.11. The molecule has 3 rings (SSSR count). The summed E-state index contributed by atoms with van der Waals surface area (Å²) in [6.07, 6.45) is 0.591. The number of imide groups is 1. The highest BCUT2D eigenvalue weighted by Gasteiger charge is 2.37. The maximum atomic E-state index is 12.5. The molecule has 24 heavy (non-hydrogen) atoms. The first-order chi connectivity index (χ1) is 11.6. The molecule has 0 spiro atoms. The zero-order valence-electron chi connectivity index (χ0n) is 12.6. The second kappa shape index (κ2) is 7.20. The fourth-order valence-corrected chi connectivity index (χ4v) is 2.92. The van der Waals surface area contributed by atoms with E-state index in [1.807, 2.05) is 42.5 Å². The van der Waals surface area contributed by atoms with E-state index in [0.29, 0.717) is 18.7 Å². The number of halogens is 2. The Labute approximate surface area is 153 Å². The van der Waals surface area contributed by atoms with Crippen LogP contribution in [0.5, 0.6) is 0 Å². The number of hydrogen-bond acceptors (Lipinski definition) is 3. The molecule has 2 aromatic carbocycles. The first-order valence-electron chi connectivity index (χ1n) is 7.39. The molecule has 1 aliphatic heterocycles. The third-order valence-electron chi connectivity index (χ3n) is 3.69. The molecule has 0 bridgehead atoms. The third kappa shape index (κ3) is 3.52. The maximum Gasteiger partial charge on any atom is 0.278 e. The smallest absolute Gasteiger partial charge is 0.278 e. The molecule has 0 saturated carbocycles. The predicted molar refractivity (Wildman–Crippen MR) is 97.5 cm³/mol. The Morgan fingerprint density at radius 1 is 0.958 bits per heavy atom. The largest absolute Gasteiger partial charge is 0.350 e. The van der Waals surface area contributed by atoms with E-state index >= 15 is 0 Å². The molecule has 2 amide bonds. The van der Waals surface area contributed by atoms with Crippen LogP contribution < -0.4 is 5.32 Å². The summed E-state index contributed by atoms with van der Waals surface area (Å²) >= 11 is 9.43. The Balaban J connectivity index is 1.71. The first kappa shape index (κ1) is 16.7. The highest BCUT2D eigenvalue weighted by Crippen LogP contribution is 2.26. The van der Waals surface area contributed by atoms with Crippen LogP contribution in [0.4, 0.5) is 5.69 Å². The van der Waals surface area contributed by atoms with Gasteiger partial charge in [-0.15, -0.1) is 0 Å². The van der Waals surface area contributed by atoms with Crippen molar-refractivity contribution in [2.45, 2.75) is 6.42 Å². The van der Waals surface area contributed by atoms with Crippen LogP contribution >= 0.6 is 27.5 Å². The van der Waals surface area contributed by atoms with Crippen LogP contribution in [0.15, 0.2) is 69.8 Å². The summed E-state index contributed by atoms with van der Waals surface area (Å²) < 4.78 is 0.923. The number of hydrogen-bond donors (Lipinski definition) is 1. The number of rotatable bonds is 5. The summed E-state index contributed by atoms with van der Waals surface area (Å²) in [5.41, 5.74) is 1.87. The molecular weight excluding hydrogens is 392 g/mol. The molecule has 0 saturated heterocycles. The topological polar surface area (TPSA) is 49.4 Å². The molecule has 122 valence electrons. The molecule has 4 nitrogen and oxygen atoms in total. The van der Waals surface area contributed by atoms with Crippen molar-refractivity contribution >= 4 is 45.0 Å². The number of carbonyl (C=O) groups excluding carboxylic acids is 2. The van der Waals surface area contributed by atoms with E-state index in [2.05, 4.69) is 21.2 Å². The molecular formula is C18H14BrClN2O2. The highest BCUT2D eigenvalue weighted by molar-refractivity contribution is 9.10. The van der Waals surface area contributed by atoms with Crippen molar-refractivity contribution in [1.82, 2.24) is 4.90 Å². The number of nitrogens with one attached hydrogen (secondary N) is 1. The lowest BCUT2D eigenvalue weighted by atomic mass is 10.1. The van der Waals surface area contributed by atoms with E-state index in [4.69, 9.17) is 11.6 Å². The van der Waals surface area contributed by atoms with Gasteiger partial charge in [-0.25, -0.2) is 0 Å². The molecule has 0 atom stereocenters. The average Bonchev–Trinajstić information content (AvgIpc) is 2.79. The van der Waals surface area contributed by atoms with Gasteiger partial charge in [-0.05, 0) is 36.2 Å². The summed E-state index contributed by atoms with van der Waals surface area (Å²) in [4.78, 5) is 25.9. The van der Waals surface area contributed by atoms with Crippen molar-refractivity contribution in [2.24, 2.45) is 0 Å². The quantitative estimate of drug-likeness (QED) is 0.767. The van der Waals surface area contributed by atoms with Crippen LogP contribution in [0.1, 0.15) is 5.56 Å². The van der Waals surface area contributed by atoms with Gasteiger partial charge in [-0.3, -0.25) is 14.5 Å². The van der Waals surface area contributed by atoms with Crippen molar-refractivity contribution < 1.29 is 9.59 Å². The van der Waals surface area contributed by atoms with E-state index in [1.165, 1.54) is 4.90 Å². The lowest BCUT2D eigenvalue weighted by Crippen LogP contribution is -2.34. The number of amides is 2. The van der Waals surface area contributed by atoms with E-state index in [0.717, 1.165) is 10.0 Å². The summed E-state index contributed by atoms with van der Waals surface area (Å²) in [7, 11) is 0. The Morgan fingerprint density at radius 2 is 1.62 bits per heavy atom. The first-order valence-corrected chi connectivity index (χ1v) is 8.56. The summed E-state index contributed by atoms with van der Waals surface area (Å²) in [6, 6.07) is 17.0. The van der Waals surface area contributed by atoms with Crippen molar-refractivity contribution in [2.75, 3.05) is 11.9 Å². The molecule has 1 N–H and O–H groups in total. The molecule has 0 aliphatic carbocycles. The molecule has 0 aromatic heterocycles. The lowest BCUT2D eigenvalue weighted by Gasteiger charge is -2.15. The van der Waals surface area contributed by atoms with Crippen LogP contribution in [0.3, 0.4) is 0 Å². The molecule has 0 unspecified atom stereocenters. The van der Waals surface area contributed by atoms with E-state index < -0.39 is 11.8 Å². The van der Waals surface area contributed by atoms with Crippen LogP contribution in [0, 0.1) is 0 Å². The number of benzene rings is 2. The SMILES string of the molecule is O=C1C(Cl)=C(Nc2ccc(Br)cc2)C(=O)N1CCc1ccccc1. The second-order valence-electron chi connectivity index (χ2n) is 5.32. The van der Waals surface area contributed by atoms with Crippen LogP contribution in [-0.2, 0) is 16.0 Å². The summed E-state index contributed by atoms with van der Waals surface area (Å²) in [6.45, 7) is 0.295. The van der Waals surface area contributed by atoms with Gasteiger partial charge in [0, 0.05) is 16.7 Å². The molecule has 2 aromatic rings. The van der Waals surface area contributed by atoms with Gasteiger partial charge in [0.15, 0.2) is 0 Å². The third-order valence-corrected chi connectivity index (χ3v) is 4.57. The van der Waals surface area contributed by atoms with Gasteiger partial charge in [0.2, 0.25) is 0 Å². The Morgan fingerprint density at radius 3 is 2.29 bits per heavy atom. The van der Waals surface area contributed by atoms with Crippen molar-refractivity contribution in [3.63, 3.8) is 0 Å². The Kier molecular flexibility index (Phi) is 5.02. The predicted octanol–water partition coefficient (Wildman–Crippen LogP) is 3.92. The second-order valence-corrected chi connectivity index (χ2v) is 6.61. The van der Waals surface area contributed by atoms with Gasteiger partial charge >= 0.3 is 0 Å². The van der Waals surface area contributed by atoms with E-state index in [9.17, 15) is 9.59 Å². The van der Waals surface area contributed by atoms with Gasteiger partial charge in [0.25, 0.3) is 11.8 Å². The zero-order valence-corrected chi connectivity index (χ0v) is 15.0. The standard InChI is InChI=1S/C18H14BrClN2O2/c19-13-6-8-14(9-7-13)21-16-15(20)17(23)22(18(16)24)11-10-12-4-2-1-3-5-12/h1-9,21H,10-11H2. The molecule has 1 aliphatic rings. The fourth-order valence-electron chi connectivity index (χ4n) is 2.42. The summed E-state index contributed by atoms with van der Waals surface area (Å²) in [5, 5.41) is 2.87. The average molecular weight is 406 g/mol.